The van der Waals surface area contributed by atoms with Crippen LogP contribution in [0.1, 0.15) is 22.7 Å². The molecule has 0 radical (unpaired) electrons. The van der Waals surface area contributed by atoms with Crippen LogP contribution < -0.4 is 5.32 Å². The summed E-state index contributed by atoms with van der Waals surface area (Å²) < 4.78 is 0. The van der Waals surface area contributed by atoms with E-state index in [1.54, 1.807) is 0 Å². The van der Waals surface area contributed by atoms with Gasteiger partial charge in [-0.15, -0.1) is 0 Å². The Morgan fingerprint density at radius 1 is 0.882 bits per heavy atom. The number of hydrogen-bond acceptors (Lipinski definition) is 1. The van der Waals surface area contributed by atoms with Gasteiger partial charge in [-0.2, -0.15) is 0 Å². The Morgan fingerprint density at radius 3 is 2.53 bits per heavy atom. The molecule has 1 aliphatic rings. The van der Waals surface area contributed by atoms with E-state index in [-0.39, 0.29) is 0 Å². The molecule has 0 amide bonds. The molecule has 0 aliphatic heterocycles. The van der Waals surface area contributed by atoms with Crippen LogP contribution in [0.2, 0.25) is 0 Å². The van der Waals surface area contributed by atoms with Gasteiger partial charge in [-0.1, -0.05) is 66.7 Å². The number of fused-ring (bicyclic) bond motifs is 1. The summed E-state index contributed by atoms with van der Waals surface area (Å²) in [7, 11) is 0. The molecule has 2 aromatic carbocycles. The van der Waals surface area contributed by atoms with Crippen molar-refractivity contribution in [2.24, 2.45) is 0 Å². The van der Waals surface area contributed by atoms with E-state index in [1.165, 1.54) is 16.7 Å². The molecule has 0 spiro atoms. The Morgan fingerprint density at radius 2 is 1.65 bits per heavy atom. The minimum atomic E-state index is 0.353. The first-order valence-electron chi connectivity index (χ1n) is 5.98. The van der Waals surface area contributed by atoms with Crippen molar-refractivity contribution < 1.29 is 0 Å². The van der Waals surface area contributed by atoms with Gasteiger partial charge in [0.05, 0.1) is 6.04 Å². The van der Waals surface area contributed by atoms with Crippen LogP contribution in [0, 0.1) is 0 Å². The normalized spacial score (nSPS) is 17.1. The molecule has 3 rings (SSSR count). The number of hydrogen-bond donors (Lipinski definition) is 1. The summed E-state index contributed by atoms with van der Waals surface area (Å²) in [5, 5.41) is 3.57. The average molecular weight is 221 g/mol. The highest BCUT2D eigenvalue weighted by atomic mass is 14.9. The number of benzene rings is 2. The van der Waals surface area contributed by atoms with E-state index < -0.39 is 0 Å². The fraction of sp³-hybridized carbons (Fsp3) is 0.125. The van der Waals surface area contributed by atoms with Crippen LogP contribution in [-0.4, -0.2) is 0 Å². The third kappa shape index (κ3) is 2.15. The predicted octanol–water partition coefficient (Wildman–Crippen LogP) is 3.54. The highest BCUT2D eigenvalue weighted by Gasteiger charge is 2.15. The Kier molecular flexibility index (Phi) is 2.76. The maximum atomic E-state index is 3.57. The minimum Gasteiger partial charge on any atom is -0.303 e. The predicted molar refractivity (Wildman–Crippen MR) is 71.5 cm³/mol. The summed E-state index contributed by atoms with van der Waals surface area (Å²) in [5.41, 5.74) is 4.03. The van der Waals surface area contributed by atoms with Crippen LogP contribution in [0.5, 0.6) is 0 Å². The van der Waals surface area contributed by atoms with Crippen LogP contribution in [0.15, 0.2) is 60.7 Å². The minimum absolute atomic E-state index is 0.353. The van der Waals surface area contributed by atoms with Crippen LogP contribution >= 0.6 is 0 Å². The van der Waals surface area contributed by atoms with Crippen LogP contribution in [0.25, 0.3) is 6.08 Å². The van der Waals surface area contributed by atoms with Crippen molar-refractivity contribution in [2.45, 2.75) is 12.6 Å². The van der Waals surface area contributed by atoms with E-state index in [1.807, 2.05) is 6.07 Å². The van der Waals surface area contributed by atoms with E-state index >= 15 is 0 Å². The highest BCUT2D eigenvalue weighted by molar-refractivity contribution is 5.61. The lowest BCUT2D eigenvalue weighted by molar-refractivity contribution is 0.628. The Labute approximate surface area is 102 Å². The Balaban J connectivity index is 1.70. The zero-order chi connectivity index (χ0) is 11.5. The van der Waals surface area contributed by atoms with Crippen molar-refractivity contribution >= 4 is 6.08 Å². The van der Waals surface area contributed by atoms with Gasteiger partial charge in [-0.3, -0.25) is 0 Å². The standard InChI is InChI=1S/C16H15N/c1-2-6-13(7-3-1)12-17-16-11-10-14-8-4-5-9-15(14)16/h1-11,16-17H,12H2. The van der Waals surface area contributed by atoms with Crippen molar-refractivity contribution in [3.05, 3.63) is 77.4 Å². The van der Waals surface area contributed by atoms with Gasteiger partial charge in [0.15, 0.2) is 0 Å². The molecular weight excluding hydrogens is 206 g/mol. The third-order valence-electron chi connectivity index (χ3n) is 3.17. The van der Waals surface area contributed by atoms with Gasteiger partial charge >= 0.3 is 0 Å². The van der Waals surface area contributed by atoms with Crippen LogP contribution in [-0.2, 0) is 6.54 Å². The van der Waals surface area contributed by atoms with Gasteiger partial charge in [0.1, 0.15) is 0 Å². The van der Waals surface area contributed by atoms with E-state index in [0.717, 1.165) is 6.54 Å². The second kappa shape index (κ2) is 4.56. The van der Waals surface area contributed by atoms with E-state index in [9.17, 15) is 0 Å². The van der Waals surface area contributed by atoms with Gasteiger partial charge in [0, 0.05) is 6.54 Å². The molecule has 1 heteroatoms. The molecule has 1 nitrogen and oxygen atoms in total. The third-order valence-corrected chi connectivity index (χ3v) is 3.17. The molecule has 0 fully saturated rings. The van der Waals surface area contributed by atoms with Gasteiger partial charge in [0.25, 0.3) is 0 Å². The van der Waals surface area contributed by atoms with Crippen molar-refractivity contribution in [2.75, 3.05) is 0 Å². The molecule has 1 unspecified atom stereocenters. The molecule has 0 saturated carbocycles. The fourth-order valence-corrected chi connectivity index (χ4v) is 2.25. The molecule has 17 heavy (non-hydrogen) atoms. The Bertz CT molecular complexity index is 528. The zero-order valence-electron chi connectivity index (χ0n) is 9.64. The van der Waals surface area contributed by atoms with Crippen molar-refractivity contribution in [1.82, 2.24) is 5.32 Å². The maximum absolute atomic E-state index is 3.57. The molecule has 1 atom stereocenters. The van der Waals surface area contributed by atoms with Gasteiger partial charge in [-0.05, 0) is 16.7 Å². The highest BCUT2D eigenvalue weighted by Crippen LogP contribution is 2.27. The first kappa shape index (κ1) is 10.3. The van der Waals surface area contributed by atoms with Gasteiger partial charge in [-0.25, -0.2) is 0 Å². The summed E-state index contributed by atoms with van der Waals surface area (Å²) in [5.74, 6) is 0. The smallest absolute Gasteiger partial charge is 0.0518 e. The van der Waals surface area contributed by atoms with E-state index in [0.29, 0.717) is 6.04 Å². The molecule has 0 bridgehead atoms. The van der Waals surface area contributed by atoms with Gasteiger partial charge < -0.3 is 5.32 Å². The van der Waals surface area contributed by atoms with Crippen LogP contribution in [0.3, 0.4) is 0 Å². The molecule has 0 heterocycles. The second-order valence-electron chi connectivity index (χ2n) is 4.33. The lowest BCUT2D eigenvalue weighted by Gasteiger charge is -2.13. The molecule has 84 valence electrons. The van der Waals surface area contributed by atoms with E-state index in [4.69, 9.17) is 0 Å². The lowest BCUT2D eigenvalue weighted by Crippen LogP contribution is -2.17. The summed E-state index contributed by atoms with van der Waals surface area (Å²) in [4.78, 5) is 0. The monoisotopic (exact) mass is 221 g/mol. The molecule has 0 aromatic heterocycles. The van der Waals surface area contributed by atoms with Crippen molar-refractivity contribution in [1.29, 1.82) is 0 Å². The topological polar surface area (TPSA) is 12.0 Å². The first-order chi connectivity index (χ1) is 8.43. The number of nitrogens with one attached hydrogen (secondary N) is 1. The average Bonchev–Trinajstić information content (AvgIpc) is 2.81. The first-order valence-corrected chi connectivity index (χ1v) is 5.98. The lowest BCUT2D eigenvalue weighted by atomic mass is 10.1. The summed E-state index contributed by atoms with van der Waals surface area (Å²) in [6.07, 6.45) is 4.42. The van der Waals surface area contributed by atoms with Crippen LogP contribution in [0.4, 0.5) is 0 Å². The fourth-order valence-electron chi connectivity index (χ4n) is 2.25. The second-order valence-corrected chi connectivity index (χ2v) is 4.33. The molecule has 2 aromatic rings. The zero-order valence-corrected chi connectivity index (χ0v) is 9.64. The molecular formula is C16H15N. The summed E-state index contributed by atoms with van der Waals surface area (Å²) >= 11 is 0. The summed E-state index contributed by atoms with van der Waals surface area (Å²) in [6, 6.07) is 19.4. The largest absolute Gasteiger partial charge is 0.303 e. The van der Waals surface area contributed by atoms with Gasteiger partial charge in [0.2, 0.25) is 0 Å². The molecule has 1 aliphatic carbocycles. The molecule has 0 saturated heterocycles. The Hall–Kier alpha value is -1.86. The molecule has 1 N–H and O–H groups in total. The maximum Gasteiger partial charge on any atom is 0.0518 e. The van der Waals surface area contributed by atoms with Crippen molar-refractivity contribution in [3.8, 4) is 0 Å². The number of rotatable bonds is 3. The summed E-state index contributed by atoms with van der Waals surface area (Å²) in [6.45, 7) is 0.907. The quantitative estimate of drug-likeness (QED) is 0.835. The van der Waals surface area contributed by atoms with Crippen molar-refractivity contribution in [3.63, 3.8) is 0 Å². The van der Waals surface area contributed by atoms with E-state index in [2.05, 4.69) is 66.0 Å². The SMILES string of the molecule is C1=CC(NCc2ccccc2)c2ccccc21.